The van der Waals surface area contributed by atoms with Gasteiger partial charge in [0.25, 0.3) is 0 Å². The van der Waals surface area contributed by atoms with E-state index in [9.17, 15) is 19.8 Å². The third kappa shape index (κ3) is 65.1. The zero-order chi connectivity index (χ0) is 57.1. The number of unbranched alkanes of at least 4 members (excludes halogenated alkanes) is 50. The van der Waals surface area contributed by atoms with E-state index >= 15 is 0 Å². The Morgan fingerprint density at radius 3 is 1.01 bits per heavy atom. The quantitative estimate of drug-likeness (QED) is 0.0320. The van der Waals surface area contributed by atoms with E-state index in [0.29, 0.717) is 25.9 Å². The van der Waals surface area contributed by atoms with Gasteiger partial charge in [0, 0.05) is 12.8 Å². The molecule has 466 valence electrons. The number of allylic oxidation sites excluding steroid dienone is 6. The number of amides is 1. The van der Waals surface area contributed by atoms with Crippen molar-refractivity contribution < 1.29 is 24.5 Å². The Morgan fingerprint density at radius 2 is 0.646 bits per heavy atom. The molecule has 0 aromatic carbocycles. The Kier molecular flexibility index (Phi) is 66.9. The molecule has 3 N–H and O–H groups in total. The van der Waals surface area contributed by atoms with Crippen molar-refractivity contribution in [2.24, 2.45) is 0 Å². The van der Waals surface area contributed by atoms with Gasteiger partial charge in [0.1, 0.15) is 0 Å². The van der Waals surface area contributed by atoms with Crippen LogP contribution in [0.2, 0.25) is 0 Å². The van der Waals surface area contributed by atoms with Crippen LogP contribution in [0.4, 0.5) is 0 Å². The summed E-state index contributed by atoms with van der Waals surface area (Å²) in [5.74, 6) is -0.0326. The number of aliphatic hydroxyl groups is 2. The maximum atomic E-state index is 12.6. The fraction of sp³-hybridized carbons (Fsp3) is 0.890. The van der Waals surface area contributed by atoms with Gasteiger partial charge in [-0.1, -0.05) is 339 Å². The van der Waals surface area contributed by atoms with Crippen LogP contribution in [-0.4, -0.2) is 47.4 Å². The van der Waals surface area contributed by atoms with Gasteiger partial charge in [-0.25, -0.2) is 0 Å². The zero-order valence-electron chi connectivity index (χ0n) is 53.4. The topological polar surface area (TPSA) is 95.9 Å². The lowest BCUT2D eigenvalue weighted by Gasteiger charge is -2.22. The molecular weight excluding hydrogens is 971 g/mol. The Bertz CT molecular complexity index is 1280. The summed E-state index contributed by atoms with van der Waals surface area (Å²) in [5, 5.41) is 23.4. The number of rotatable bonds is 67. The van der Waals surface area contributed by atoms with Crippen LogP contribution in [0.3, 0.4) is 0 Å². The van der Waals surface area contributed by atoms with Gasteiger partial charge >= 0.3 is 5.97 Å². The Labute approximate surface area is 494 Å². The third-order valence-electron chi connectivity index (χ3n) is 16.7. The van der Waals surface area contributed by atoms with E-state index in [0.717, 1.165) is 51.4 Å². The van der Waals surface area contributed by atoms with Gasteiger partial charge in [-0.3, -0.25) is 9.59 Å². The smallest absolute Gasteiger partial charge is 0.305 e. The van der Waals surface area contributed by atoms with Crippen LogP contribution in [0.15, 0.2) is 36.5 Å². The van der Waals surface area contributed by atoms with Gasteiger partial charge in [0.05, 0.1) is 25.4 Å². The van der Waals surface area contributed by atoms with Crippen molar-refractivity contribution in [3.63, 3.8) is 0 Å². The fourth-order valence-electron chi connectivity index (χ4n) is 11.2. The van der Waals surface area contributed by atoms with Gasteiger partial charge in [-0.15, -0.1) is 0 Å². The molecule has 6 nitrogen and oxygen atoms in total. The minimum Gasteiger partial charge on any atom is -0.466 e. The molecule has 0 aliphatic carbocycles. The predicted molar refractivity (Wildman–Crippen MR) is 347 cm³/mol. The van der Waals surface area contributed by atoms with E-state index in [1.807, 2.05) is 0 Å². The first-order valence-corrected chi connectivity index (χ1v) is 35.7. The second-order valence-electron chi connectivity index (χ2n) is 24.6. The second kappa shape index (κ2) is 68.6. The lowest BCUT2D eigenvalue weighted by molar-refractivity contribution is -0.143. The summed E-state index contributed by atoms with van der Waals surface area (Å²) in [4.78, 5) is 24.6. The summed E-state index contributed by atoms with van der Waals surface area (Å²) in [6.45, 7) is 4.94. The van der Waals surface area contributed by atoms with Crippen molar-refractivity contribution in [3.05, 3.63) is 36.5 Å². The third-order valence-corrected chi connectivity index (χ3v) is 16.7. The minimum atomic E-state index is -0.667. The standard InChI is InChI=1S/C73H139NO5/c1-3-5-7-9-11-13-15-17-19-20-21-22-29-32-35-38-41-45-49-53-57-61-65-71(76)70(69-75)74-72(77)66-62-58-54-50-46-42-39-36-33-30-27-25-23-24-26-28-31-34-37-40-44-48-52-56-60-64-68-79-73(78)67-63-59-55-51-47-43-18-16-14-12-10-8-6-4-2/h10,12,16,18,23,25,70-71,75-76H,3-9,11,13-15,17,19-22,24,26-69H2,1-2H3,(H,74,77)/b12-10-,18-16-,25-23-. The van der Waals surface area contributed by atoms with Crippen LogP contribution in [0.25, 0.3) is 0 Å². The summed E-state index contributed by atoms with van der Waals surface area (Å²) < 4.78 is 5.48. The van der Waals surface area contributed by atoms with Gasteiger partial charge in [-0.05, 0) is 77.0 Å². The average molecular weight is 1110 g/mol. The molecule has 0 aliphatic heterocycles. The number of carbonyl (C=O) groups excluding carboxylic acids is 2. The van der Waals surface area contributed by atoms with E-state index in [2.05, 4.69) is 55.6 Å². The lowest BCUT2D eigenvalue weighted by Crippen LogP contribution is -2.45. The number of carbonyl (C=O) groups is 2. The van der Waals surface area contributed by atoms with Crippen LogP contribution >= 0.6 is 0 Å². The van der Waals surface area contributed by atoms with Crippen LogP contribution in [0.1, 0.15) is 393 Å². The van der Waals surface area contributed by atoms with Crippen molar-refractivity contribution >= 4 is 11.9 Å². The molecule has 1 amide bonds. The molecule has 0 aromatic heterocycles. The van der Waals surface area contributed by atoms with E-state index < -0.39 is 12.1 Å². The van der Waals surface area contributed by atoms with Gasteiger partial charge in [0.15, 0.2) is 0 Å². The van der Waals surface area contributed by atoms with Gasteiger partial charge < -0.3 is 20.3 Å². The molecule has 2 unspecified atom stereocenters. The molecule has 0 rings (SSSR count). The van der Waals surface area contributed by atoms with Crippen LogP contribution < -0.4 is 5.32 Å². The summed E-state index contributed by atoms with van der Waals surface area (Å²) in [6, 6.07) is -0.544. The first-order valence-electron chi connectivity index (χ1n) is 35.7. The number of esters is 1. The van der Waals surface area contributed by atoms with E-state index in [4.69, 9.17) is 4.74 Å². The first-order chi connectivity index (χ1) is 39.0. The molecule has 0 saturated carbocycles. The second-order valence-corrected chi connectivity index (χ2v) is 24.6. The summed E-state index contributed by atoms with van der Waals surface area (Å²) in [5.41, 5.74) is 0. The van der Waals surface area contributed by atoms with Gasteiger partial charge in [0.2, 0.25) is 5.91 Å². The maximum Gasteiger partial charge on any atom is 0.305 e. The predicted octanol–water partition coefficient (Wildman–Crippen LogP) is 23.1. The normalized spacial score (nSPS) is 12.7. The minimum absolute atomic E-state index is 0.000194. The van der Waals surface area contributed by atoms with Crippen LogP contribution in [0.5, 0.6) is 0 Å². The molecule has 0 spiro atoms. The molecule has 0 heterocycles. The number of ether oxygens (including phenoxy) is 1. The highest BCUT2D eigenvalue weighted by molar-refractivity contribution is 5.76. The SMILES string of the molecule is CCCC/C=C\C/C=C\CCCCCCCC(=O)OCCCCCCCCCCCCCC/C=C\CCCCCCCCCCCCC(=O)NC(CO)C(O)CCCCCCCCCCCCCCCCCCCCCCCC. The van der Waals surface area contributed by atoms with Crippen molar-refractivity contribution in [2.45, 2.75) is 405 Å². The maximum absolute atomic E-state index is 12.6. The molecule has 79 heavy (non-hydrogen) atoms. The number of hydrogen-bond donors (Lipinski definition) is 3. The highest BCUT2D eigenvalue weighted by Gasteiger charge is 2.20. The fourth-order valence-corrected chi connectivity index (χ4v) is 11.2. The highest BCUT2D eigenvalue weighted by Crippen LogP contribution is 2.19. The Morgan fingerprint density at radius 1 is 0.354 bits per heavy atom. The molecule has 2 atom stereocenters. The van der Waals surface area contributed by atoms with Crippen molar-refractivity contribution in [3.8, 4) is 0 Å². The zero-order valence-corrected chi connectivity index (χ0v) is 53.4. The summed E-state index contributed by atoms with van der Waals surface area (Å²) in [7, 11) is 0. The lowest BCUT2D eigenvalue weighted by atomic mass is 10.0. The van der Waals surface area contributed by atoms with Crippen molar-refractivity contribution in [1.29, 1.82) is 0 Å². The Balaban J connectivity index is 3.40. The largest absolute Gasteiger partial charge is 0.466 e. The number of nitrogens with one attached hydrogen (secondary N) is 1. The first kappa shape index (κ1) is 77.1. The molecule has 0 aliphatic rings. The molecule has 0 bridgehead atoms. The van der Waals surface area contributed by atoms with Crippen LogP contribution in [-0.2, 0) is 14.3 Å². The van der Waals surface area contributed by atoms with Crippen molar-refractivity contribution in [2.75, 3.05) is 13.2 Å². The van der Waals surface area contributed by atoms with Crippen LogP contribution in [0, 0.1) is 0 Å². The highest BCUT2D eigenvalue weighted by atomic mass is 16.5. The molecule has 0 saturated heterocycles. The summed E-state index contributed by atoms with van der Waals surface area (Å²) >= 11 is 0. The molecular formula is C73H139NO5. The summed E-state index contributed by atoms with van der Waals surface area (Å²) in [6.07, 6.45) is 87.6. The number of hydrogen-bond acceptors (Lipinski definition) is 5. The Hall–Kier alpha value is -1.92. The van der Waals surface area contributed by atoms with E-state index in [1.54, 1.807) is 0 Å². The van der Waals surface area contributed by atoms with Gasteiger partial charge in [-0.2, -0.15) is 0 Å². The van der Waals surface area contributed by atoms with E-state index in [-0.39, 0.29) is 18.5 Å². The van der Waals surface area contributed by atoms with E-state index in [1.165, 1.54) is 308 Å². The number of aliphatic hydroxyl groups excluding tert-OH is 2. The molecule has 0 radical (unpaired) electrons. The average Bonchev–Trinajstić information content (AvgIpc) is 3.45. The molecule has 0 aromatic rings. The monoisotopic (exact) mass is 1110 g/mol. The van der Waals surface area contributed by atoms with Crippen molar-refractivity contribution in [1.82, 2.24) is 5.32 Å². The molecule has 6 heteroatoms. The molecule has 0 fully saturated rings.